The van der Waals surface area contributed by atoms with Crippen LogP contribution in [0.1, 0.15) is 96.7 Å². The van der Waals surface area contributed by atoms with Crippen molar-refractivity contribution in [3.63, 3.8) is 0 Å². The standard InChI is InChI=1S/C38H33N2O.C18H23FNSi.Ir/c1-23(2)28-10-8-11-29(24(3)4)36(28)40-34-15-7-6-14-33(34)39-38(40)32-13-9-12-31-30-21-20-27(22-35(30)41-37(31)32)26-18-16-25(5)17-19-26;1-12(2)15-10-17(20-11-18(15)21(4,5)6)14-8-7-13(3)9-16(14)19;/h6-12,14-24H,1-5H3;7,9-12H,1-6H3;/q2*-1;/i5D3;3D3,12D;. The average Bonchev–Trinajstić information content (AvgIpc) is 3.86. The van der Waals surface area contributed by atoms with Gasteiger partial charge in [-0.1, -0.05) is 168 Å². The number of rotatable bonds is 8. The summed E-state index contributed by atoms with van der Waals surface area (Å²) in [5.41, 5.74) is 11.4. The normalized spacial score (nSPS) is 14.0. The number of aromatic nitrogens is 3. The molecular weight excluding hydrogens is 970 g/mol. The van der Waals surface area contributed by atoms with Crippen LogP contribution in [-0.2, 0) is 20.1 Å². The molecule has 6 aromatic carbocycles. The number of hydrogen-bond donors (Lipinski definition) is 0. The van der Waals surface area contributed by atoms with Crippen molar-refractivity contribution in [2.75, 3.05) is 0 Å². The van der Waals surface area contributed by atoms with E-state index in [1.807, 2.05) is 36.4 Å². The van der Waals surface area contributed by atoms with Crippen LogP contribution in [0.15, 0.2) is 126 Å². The quantitative estimate of drug-likeness (QED) is 0.113. The van der Waals surface area contributed by atoms with Gasteiger partial charge in [-0.05, 0) is 75.9 Å². The fraction of sp³-hybridized carbons (Fsp3) is 0.250. The van der Waals surface area contributed by atoms with E-state index in [4.69, 9.17) is 19.0 Å². The number of imidazole rings is 1. The van der Waals surface area contributed by atoms with Gasteiger partial charge < -0.3 is 14.0 Å². The van der Waals surface area contributed by atoms with E-state index in [-0.39, 0.29) is 31.2 Å². The first kappa shape index (κ1) is 37.0. The van der Waals surface area contributed by atoms with Gasteiger partial charge in [-0.15, -0.1) is 42.0 Å². The fourth-order valence-electron chi connectivity index (χ4n) is 8.21. The van der Waals surface area contributed by atoms with Gasteiger partial charge in [0.2, 0.25) is 0 Å². The second kappa shape index (κ2) is 18.3. The van der Waals surface area contributed by atoms with E-state index in [0.717, 1.165) is 72.3 Å². The number of pyridine rings is 1. The van der Waals surface area contributed by atoms with E-state index in [0.29, 0.717) is 23.1 Å². The Bertz CT molecular complexity index is 3340. The first-order valence-electron chi connectivity index (χ1n) is 24.6. The summed E-state index contributed by atoms with van der Waals surface area (Å²) in [6, 6.07) is 42.3. The maximum atomic E-state index is 14.5. The van der Waals surface area contributed by atoms with Crippen LogP contribution in [-0.4, -0.2) is 22.6 Å². The number of aryl methyl sites for hydroxylation is 2. The number of hydrogen-bond acceptors (Lipinski definition) is 3. The minimum absolute atomic E-state index is 0. The number of halogens is 1. The first-order valence-corrected chi connectivity index (χ1v) is 24.6. The van der Waals surface area contributed by atoms with Crippen LogP contribution < -0.4 is 5.19 Å². The first-order chi connectivity index (χ1) is 32.3. The van der Waals surface area contributed by atoms with Crippen molar-refractivity contribution in [3.05, 3.63) is 167 Å². The third kappa shape index (κ3) is 9.02. The van der Waals surface area contributed by atoms with E-state index in [1.54, 1.807) is 38.2 Å². The molecular formula is C56H56FIrN3OSi-2. The summed E-state index contributed by atoms with van der Waals surface area (Å²) in [5.74, 6) is -0.0867. The van der Waals surface area contributed by atoms with Crippen molar-refractivity contribution < 1.29 is 38.5 Å². The summed E-state index contributed by atoms with van der Waals surface area (Å²) in [6.45, 7) is 14.6. The molecule has 0 amide bonds. The molecule has 0 aliphatic carbocycles. The monoisotopic (exact) mass is 1030 g/mol. The molecule has 0 spiro atoms. The van der Waals surface area contributed by atoms with Crippen molar-refractivity contribution in [3.8, 4) is 39.5 Å². The molecule has 4 nitrogen and oxygen atoms in total. The number of furan rings is 1. The van der Waals surface area contributed by atoms with Gasteiger partial charge in [0, 0.05) is 52.8 Å². The molecule has 3 heterocycles. The van der Waals surface area contributed by atoms with Gasteiger partial charge in [0.25, 0.3) is 0 Å². The second-order valence-corrected chi connectivity index (χ2v) is 22.9. The van der Waals surface area contributed by atoms with Crippen LogP contribution >= 0.6 is 0 Å². The molecule has 0 saturated heterocycles. The molecule has 323 valence electrons. The molecule has 0 saturated carbocycles. The fourth-order valence-corrected chi connectivity index (χ4v) is 9.79. The Morgan fingerprint density at radius 3 is 2.08 bits per heavy atom. The van der Waals surface area contributed by atoms with Gasteiger partial charge >= 0.3 is 0 Å². The van der Waals surface area contributed by atoms with E-state index >= 15 is 0 Å². The minimum atomic E-state index is -2.38. The van der Waals surface area contributed by atoms with E-state index in [9.17, 15) is 4.39 Å². The summed E-state index contributed by atoms with van der Waals surface area (Å²) >= 11 is 0. The van der Waals surface area contributed by atoms with Gasteiger partial charge in [-0.25, -0.2) is 0 Å². The van der Waals surface area contributed by atoms with Crippen LogP contribution in [0.2, 0.25) is 19.6 Å². The van der Waals surface area contributed by atoms with Gasteiger partial charge in [-0.2, -0.15) is 0 Å². The molecule has 0 unspecified atom stereocenters. The van der Waals surface area contributed by atoms with Gasteiger partial charge in [0.15, 0.2) is 0 Å². The molecule has 9 aromatic rings. The zero-order chi connectivity index (χ0) is 50.0. The smallest absolute Gasteiger partial charge is 0.121 e. The molecule has 3 aromatic heterocycles. The van der Waals surface area contributed by atoms with Crippen LogP contribution in [0.25, 0.3) is 72.4 Å². The largest absolute Gasteiger partial charge is 0.501 e. The Morgan fingerprint density at radius 2 is 1.43 bits per heavy atom. The van der Waals surface area contributed by atoms with E-state index < -0.39 is 33.5 Å². The van der Waals surface area contributed by atoms with Crippen molar-refractivity contribution in [1.82, 2.24) is 14.5 Å². The molecule has 0 aliphatic rings. The average molecular weight is 1030 g/mol. The van der Waals surface area contributed by atoms with Crippen molar-refractivity contribution in [2.24, 2.45) is 0 Å². The maximum absolute atomic E-state index is 14.5. The van der Waals surface area contributed by atoms with E-state index in [1.165, 1.54) is 22.9 Å². The molecule has 0 bridgehead atoms. The van der Waals surface area contributed by atoms with Crippen LogP contribution in [0.3, 0.4) is 0 Å². The summed E-state index contributed by atoms with van der Waals surface area (Å²) in [6.07, 6.45) is 1.73. The zero-order valence-corrected chi connectivity index (χ0v) is 40.6. The molecule has 0 aliphatic heterocycles. The van der Waals surface area contributed by atoms with Crippen molar-refractivity contribution in [1.29, 1.82) is 0 Å². The molecule has 0 N–H and O–H groups in total. The topological polar surface area (TPSA) is 43.9 Å². The predicted molar refractivity (Wildman–Crippen MR) is 261 cm³/mol. The predicted octanol–water partition coefficient (Wildman–Crippen LogP) is 15.3. The Morgan fingerprint density at radius 1 is 0.730 bits per heavy atom. The van der Waals surface area contributed by atoms with Crippen LogP contribution in [0, 0.1) is 31.7 Å². The Hall–Kier alpha value is -5.46. The molecule has 63 heavy (non-hydrogen) atoms. The molecule has 1 radical (unpaired) electrons. The Labute approximate surface area is 396 Å². The van der Waals surface area contributed by atoms with Crippen molar-refractivity contribution in [2.45, 2.75) is 92.6 Å². The number of nitrogens with zero attached hydrogens (tertiary/aromatic N) is 3. The Balaban J connectivity index is 0.000000238. The molecule has 0 atom stereocenters. The van der Waals surface area contributed by atoms with Gasteiger partial charge in [0.05, 0.1) is 30.5 Å². The van der Waals surface area contributed by atoms with Gasteiger partial charge in [-0.3, -0.25) is 9.37 Å². The summed E-state index contributed by atoms with van der Waals surface area (Å²) in [5, 5.41) is 3.07. The third-order valence-electron chi connectivity index (χ3n) is 11.4. The maximum Gasteiger partial charge on any atom is 0.121 e. The van der Waals surface area contributed by atoms with Crippen molar-refractivity contribution >= 4 is 46.2 Å². The van der Waals surface area contributed by atoms with Gasteiger partial charge in [0.1, 0.15) is 5.58 Å². The second-order valence-electron chi connectivity index (χ2n) is 17.8. The SMILES string of the molecule is [2H]C([2H])([2H])c1c[c-]c(-c2cc(C([2H])(C)C)c([Si](C)(C)C)cn2)c(F)c1.[2H]C([2H])([2H])c1ccc(-c2ccc3c(c2)oc2c(-c4nc5ccccc5n4-c4c(C(C)C)cccc4C(C)C)[c-]ccc23)cc1.[Ir]. The minimum Gasteiger partial charge on any atom is -0.501 e. The molecule has 0 fully saturated rings. The van der Waals surface area contributed by atoms with Crippen LogP contribution in [0.5, 0.6) is 0 Å². The third-order valence-corrected chi connectivity index (χ3v) is 13.4. The van der Waals surface area contributed by atoms with Crippen LogP contribution in [0.4, 0.5) is 4.39 Å². The Kier molecular flexibility index (Phi) is 10.8. The zero-order valence-electron chi connectivity index (χ0n) is 44.2. The summed E-state index contributed by atoms with van der Waals surface area (Å²) in [7, 11) is -1.72. The summed E-state index contributed by atoms with van der Waals surface area (Å²) < 4.78 is 77.0. The van der Waals surface area contributed by atoms with E-state index in [2.05, 4.69) is 118 Å². The molecule has 9 rings (SSSR count). The number of fused-ring (bicyclic) bond motifs is 4. The summed E-state index contributed by atoms with van der Waals surface area (Å²) in [4.78, 5) is 9.58. The number of para-hydroxylation sites is 3. The number of benzene rings is 6. The molecule has 7 heteroatoms.